The number of benzene rings is 1. The third kappa shape index (κ3) is 3.15. The maximum Gasteiger partial charge on any atom is 0.410 e. The first-order chi connectivity index (χ1) is 10.5. The van der Waals surface area contributed by atoms with Gasteiger partial charge in [0.2, 0.25) is 0 Å². The van der Waals surface area contributed by atoms with Crippen LogP contribution in [0.2, 0.25) is 0 Å². The number of amides is 1. The Kier molecular flexibility index (Phi) is 4.46. The lowest BCUT2D eigenvalue weighted by Crippen LogP contribution is -2.52. The average Bonchev–Trinajstić information content (AvgIpc) is 2.51. The number of aliphatic hydroxyl groups excluding tert-OH is 1. The monoisotopic (exact) mass is 367 g/mol. The normalized spacial score (nSPS) is 30.2. The first kappa shape index (κ1) is 15.8. The van der Waals surface area contributed by atoms with Crippen molar-refractivity contribution in [1.82, 2.24) is 4.90 Å². The molecular formula is C17H22BrNO3. The molecule has 2 fully saturated rings. The summed E-state index contributed by atoms with van der Waals surface area (Å²) in [5, 5.41) is 9.65. The van der Waals surface area contributed by atoms with Crippen molar-refractivity contribution in [3.8, 4) is 0 Å². The quantitative estimate of drug-likeness (QED) is 0.858. The summed E-state index contributed by atoms with van der Waals surface area (Å²) in [5.74, 6) is 0. The molecular weight excluding hydrogens is 346 g/mol. The van der Waals surface area contributed by atoms with Crippen LogP contribution in [0.5, 0.6) is 0 Å². The fraction of sp³-hybridized carbons (Fsp3) is 0.588. The second-order valence-corrected chi connectivity index (χ2v) is 7.37. The summed E-state index contributed by atoms with van der Waals surface area (Å²) in [5.41, 5.74) is 0.766. The van der Waals surface area contributed by atoms with Gasteiger partial charge in [0.1, 0.15) is 5.60 Å². The number of halogens is 1. The molecule has 1 saturated heterocycles. The molecule has 1 heterocycles. The highest BCUT2D eigenvalue weighted by molar-refractivity contribution is 9.10. The van der Waals surface area contributed by atoms with Gasteiger partial charge in [-0.3, -0.25) is 0 Å². The molecule has 1 amide bonds. The van der Waals surface area contributed by atoms with Gasteiger partial charge in [0, 0.05) is 17.4 Å². The standard InChI is InChI=1S/C17H22BrNO3/c1-12(13-2-4-14(18)5-3-13)19-11-10-17(22-16(19)21)8-6-15(20)7-9-17/h2-5,12,15,20H,6-11H2,1H3/t12-,15-,17-/m0/s1. The van der Waals surface area contributed by atoms with Crippen molar-refractivity contribution in [3.05, 3.63) is 34.3 Å². The van der Waals surface area contributed by atoms with Crippen molar-refractivity contribution in [2.24, 2.45) is 0 Å². The van der Waals surface area contributed by atoms with Crippen LogP contribution in [-0.4, -0.2) is 34.3 Å². The highest BCUT2D eigenvalue weighted by atomic mass is 79.9. The van der Waals surface area contributed by atoms with Gasteiger partial charge in [0.25, 0.3) is 0 Å². The Morgan fingerprint density at radius 2 is 1.91 bits per heavy atom. The van der Waals surface area contributed by atoms with E-state index >= 15 is 0 Å². The lowest BCUT2D eigenvalue weighted by molar-refractivity contribution is -0.0908. The molecule has 2 aliphatic rings. The largest absolute Gasteiger partial charge is 0.443 e. The molecule has 1 spiro atoms. The van der Waals surface area contributed by atoms with Gasteiger partial charge in [-0.15, -0.1) is 0 Å². The van der Waals surface area contributed by atoms with E-state index in [9.17, 15) is 9.90 Å². The van der Waals surface area contributed by atoms with E-state index in [4.69, 9.17) is 4.74 Å². The van der Waals surface area contributed by atoms with Gasteiger partial charge in [-0.25, -0.2) is 4.79 Å². The van der Waals surface area contributed by atoms with Gasteiger partial charge in [0.05, 0.1) is 12.1 Å². The zero-order valence-electron chi connectivity index (χ0n) is 12.8. The molecule has 0 aromatic heterocycles. The molecule has 5 heteroatoms. The second kappa shape index (κ2) is 6.20. The smallest absolute Gasteiger partial charge is 0.410 e. The SMILES string of the molecule is C[C@@H](c1ccc(Br)cc1)N1CC[C@]2(CC[C@@H](O)CC2)OC1=O. The van der Waals surface area contributed by atoms with Gasteiger partial charge < -0.3 is 14.7 Å². The van der Waals surface area contributed by atoms with Gasteiger partial charge >= 0.3 is 6.09 Å². The van der Waals surface area contributed by atoms with Crippen LogP contribution in [0.25, 0.3) is 0 Å². The Balaban J connectivity index is 1.68. The summed E-state index contributed by atoms with van der Waals surface area (Å²) < 4.78 is 6.84. The molecule has 0 radical (unpaired) electrons. The minimum atomic E-state index is -0.341. The van der Waals surface area contributed by atoms with Crippen molar-refractivity contribution in [2.45, 2.75) is 56.8 Å². The maximum absolute atomic E-state index is 12.5. The summed E-state index contributed by atoms with van der Waals surface area (Å²) in [4.78, 5) is 14.3. The van der Waals surface area contributed by atoms with Gasteiger partial charge in [-0.2, -0.15) is 0 Å². The molecule has 0 bridgehead atoms. The Labute approximate surface area is 139 Å². The van der Waals surface area contributed by atoms with Gasteiger partial charge in [-0.05, 0) is 50.3 Å². The number of ether oxygens (including phenoxy) is 1. The van der Waals surface area contributed by atoms with E-state index in [1.54, 1.807) is 4.90 Å². The number of hydrogen-bond acceptors (Lipinski definition) is 3. The molecule has 4 nitrogen and oxygen atoms in total. The summed E-state index contributed by atoms with van der Waals surface area (Å²) in [6.07, 6.45) is 3.42. The van der Waals surface area contributed by atoms with Crippen molar-refractivity contribution in [3.63, 3.8) is 0 Å². The first-order valence-corrected chi connectivity index (χ1v) is 8.72. The molecule has 120 valence electrons. The lowest BCUT2D eigenvalue weighted by Gasteiger charge is -2.45. The molecule has 1 atom stereocenters. The molecule has 1 N–H and O–H groups in total. The highest BCUT2D eigenvalue weighted by Gasteiger charge is 2.44. The molecule has 1 saturated carbocycles. The number of aliphatic hydroxyl groups is 1. The third-order valence-corrected chi connectivity index (χ3v) is 5.56. The van der Waals surface area contributed by atoms with E-state index in [1.165, 1.54) is 0 Å². The maximum atomic E-state index is 12.5. The van der Waals surface area contributed by atoms with Crippen LogP contribution in [-0.2, 0) is 4.74 Å². The van der Waals surface area contributed by atoms with E-state index in [1.807, 2.05) is 31.2 Å². The van der Waals surface area contributed by atoms with E-state index < -0.39 is 0 Å². The van der Waals surface area contributed by atoms with Crippen LogP contribution < -0.4 is 0 Å². The topological polar surface area (TPSA) is 49.8 Å². The third-order valence-electron chi connectivity index (χ3n) is 5.03. The molecule has 0 unspecified atom stereocenters. The number of carbonyl (C=O) groups is 1. The lowest BCUT2D eigenvalue weighted by atomic mass is 9.80. The predicted octanol–water partition coefficient (Wildman–Crippen LogP) is 4.03. The average molecular weight is 368 g/mol. The second-order valence-electron chi connectivity index (χ2n) is 6.45. The van der Waals surface area contributed by atoms with Gasteiger partial charge in [0.15, 0.2) is 0 Å². The van der Waals surface area contributed by atoms with Crippen LogP contribution in [0, 0.1) is 0 Å². The van der Waals surface area contributed by atoms with Crippen LogP contribution in [0.4, 0.5) is 4.79 Å². The molecule has 1 aliphatic heterocycles. The molecule has 1 aromatic rings. The van der Waals surface area contributed by atoms with Crippen molar-refractivity contribution in [2.75, 3.05) is 6.54 Å². The first-order valence-electron chi connectivity index (χ1n) is 7.92. The minimum absolute atomic E-state index is 0.00660. The number of nitrogens with zero attached hydrogens (tertiary/aromatic N) is 1. The van der Waals surface area contributed by atoms with E-state index in [2.05, 4.69) is 15.9 Å². The molecule has 1 aliphatic carbocycles. The fourth-order valence-electron chi connectivity index (χ4n) is 3.46. The highest BCUT2D eigenvalue weighted by Crippen LogP contribution is 2.39. The Bertz CT molecular complexity index is 537. The van der Waals surface area contributed by atoms with E-state index in [0.717, 1.165) is 42.1 Å². The molecule has 1 aromatic carbocycles. The van der Waals surface area contributed by atoms with E-state index in [-0.39, 0.29) is 23.8 Å². The molecule has 3 rings (SSSR count). The molecule has 22 heavy (non-hydrogen) atoms. The number of carbonyl (C=O) groups excluding carboxylic acids is 1. The Morgan fingerprint density at radius 1 is 1.27 bits per heavy atom. The van der Waals surface area contributed by atoms with E-state index in [0.29, 0.717) is 6.54 Å². The zero-order chi connectivity index (χ0) is 15.7. The predicted molar refractivity (Wildman–Crippen MR) is 87.6 cm³/mol. The Hall–Kier alpha value is -1.07. The summed E-state index contributed by atoms with van der Waals surface area (Å²) >= 11 is 3.43. The van der Waals surface area contributed by atoms with Crippen LogP contribution in [0.1, 0.15) is 50.6 Å². The minimum Gasteiger partial charge on any atom is -0.443 e. The van der Waals surface area contributed by atoms with Crippen molar-refractivity contribution in [1.29, 1.82) is 0 Å². The number of hydrogen-bond donors (Lipinski definition) is 1. The summed E-state index contributed by atoms with van der Waals surface area (Å²) in [7, 11) is 0. The van der Waals surface area contributed by atoms with Crippen LogP contribution in [0.15, 0.2) is 28.7 Å². The van der Waals surface area contributed by atoms with Crippen LogP contribution >= 0.6 is 15.9 Å². The Morgan fingerprint density at radius 3 is 2.50 bits per heavy atom. The number of rotatable bonds is 2. The summed E-state index contributed by atoms with van der Waals surface area (Å²) in [6, 6.07) is 8.05. The van der Waals surface area contributed by atoms with Gasteiger partial charge in [-0.1, -0.05) is 28.1 Å². The van der Waals surface area contributed by atoms with Crippen molar-refractivity contribution < 1.29 is 14.6 Å². The zero-order valence-corrected chi connectivity index (χ0v) is 14.4. The fourth-order valence-corrected chi connectivity index (χ4v) is 3.73. The van der Waals surface area contributed by atoms with Crippen molar-refractivity contribution >= 4 is 22.0 Å². The summed E-state index contributed by atoms with van der Waals surface area (Å²) in [6.45, 7) is 2.75. The van der Waals surface area contributed by atoms with Crippen LogP contribution in [0.3, 0.4) is 0 Å².